The molecule has 0 spiro atoms. The van der Waals surface area contributed by atoms with Crippen LogP contribution in [0.4, 0.5) is 13.2 Å². The van der Waals surface area contributed by atoms with Gasteiger partial charge in [0.15, 0.2) is 5.69 Å². The summed E-state index contributed by atoms with van der Waals surface area (Å²) in [5.41, 5.74) is -0.700. The van der Waals surface area contributed by atoms with Crippen molar-refractivity contribution in [3.05, 3.63) is 58.8 Å². The van der Waals surface area contributed by atoms with Gasteiger partial charge >= 0.3 is 6.18 Å². The zero-order valence-corrected chi connectivity index (χ0v) is 15.5. The normalized spacial score (nSPS) is 16.0. The molecule has 140 valence electrons. The number of benzene rings is 1. The smallest absolute Gasteiger partial charge is 0.307 e. The molecule has 0 aliphatic carbocycles. The molecular weight excluding hydrogens is 409 g/mol. The SMILES string of the molecule is O=C1NC(=S)S/C1=C\c1cccc(-c2nc3ccccc3nc2C(F)(F)F)n1. The summed E-state index contributed by atoms with van der Waals surface area (Å²) in [6.45, 7) is 0. The first kappa shape index (κ1) is 18.5. The third-order valence-electron chi connectivity index (χ3n) is 3.77. The molecule has 0 saturated carbocycles. The molecule has 1 amide bonds. The van der Waals surface area contributed by atoms with Crippen molar-refractivity contribution in [1.82, 2.24) is 20.3 Å². The van der Waals surface area contributed by atoms with Crippen molar-refractivity contribution in [2.45, 2.75) is 6.18 Å². The molecular formula is C18H9F3N4OS2. The van der Waals surface area contributed by atoms with Gasteiger partial charge in [0, 0.05) is 0 Å². The minimum absolute atomic E-state index is 0.00547. The lowest BCUT2D eigenvalue weighted by atomic mass is 10.1. The number of alkyl halides is 3. The van der Waals surface area contributed by atoms with Crippen LogP contribution in [0.5, 0.6) is 0 Å². The zero-order valence-electron chi connectivity index (χ0n) is 13.8. The molecule has 0 atom stereocenters. The quantitative estimate of drug-likeness (QED) is 0.497. The minimum atomic E-state index is -4.70. The van der Waals surface area contributed by atoms with Gasteiger partial charge < -0.3 is 5.32 Å². The Morgan fingerprint density at radius 2 is 1.71 bits per heavy atom. The number of hydrogen-bond donors (Lipinski definition) is 1. The molecule has 0 radical (unpaired) electrons. The van der Waals surface area contributed by atoms with Gasteiger partial charge in [-0.15, -0.1) is 0 Å². The lowest BCUT2D eigenvalue weighted by molar-refractivity contribution is -0.140. The van der Waals surface area contributed by atoms with Gasteiger partial charge in [0.25, 0.3) is 5.91 Å². The molecule has 1 aromatic carbocycles. The number of nitrogens with one attached hydrogen (secondary N) is 1. The molecule has 5 nitrogen and oxygen atoms in total. The second-order valence-electron chi connectivity index (χ2n) is 5.71. The second-order valence-corrected chi connectivity index (χ2v) is 7.43. The highest BCUT2D eigenvalue weighted by atomic mass is 32.2. The molecule has 10 heteroatoms. The molecule has 3 heterocycles. The molecule has 4 rings (SSSR count). The van der Waals surface area contributed by atoms with Crippen LogP contribution >= 0.6 is 24.0 Å². The van der Waals surface area contributed by atoms with Gasteiger partial charge in [0.05, 0.1) is 27.3 Å². The van der Waals surface area contributed by atoms with E-state index in [9.17, 15) is 18.0 Å². The number of pyridine rings is 1. The van der Waals surface area contributed by atoms with Crippen LogP contribution < -0.4 is 5.32 Å². The van der Waals surface area contributed by atoms with Gasteiger partial charge in [0.2, 0.25) is 0 Å². The van der Waals surface area contributed by atoms with Gasteiger partial charge in [-0.2, -0.15) is 13.2 Å². The third kappa shape index (κ3) is 3.60. The maximum atomic E-state index is 13.6. The molecule has 28 heavy (non-hydrogen) atoms. The number of carbonyl (C=O) groups excluding carboxylic acids is 1. The van der Waals surface area contributed by atoms with E-state index in [4.69, 9.17) is 12.2 Å². The van der Waals surface area contributed by atoms with Crippen molar-refractivity contribution < 1.29 is 18.0 Å². The summed E-state index contributed by atoms with van der Waals surface area (Å²) in [7, 11) is 0. The van der Waals surface area contributed by atoms with E-state index in [1.54, 1.807) is 30.3 Å². The van der Waals surface area contributed by atoms with Gasteiger partial charge in [0.1, 0.15) is 10.0 Å². The van der Waals surface area contributed by atoms with E-state index in [0.717, 1.165) is 11.8 Å². The zero-order chi connectivity index (χ0) is 19.9. The number of nitrogens with zero attached hydrogens (tertiary/aromatic N) is 3. The van der Waals surface area contributed by atoms with E-state index < -0.39 is 11.9 Å². The number of para-hydroxylation sites is 2. The highest BCUT2D eigenvalue weighted by molar-refractivity contribution is 8.26. The fourth-order valence-corrected chi connectivity index (χ4v) is 3.62. The number of halogens is 3. The number of aromatic nitrogens is 3. The molecule has 3 aromatic rings. The summed E-state index contributed by atoms with van der Waals surface area (Å²) in [6.07, 6.45) is -3.24. The topological polar surface area (TPSA) is 67.8 Å². The summed E-state index contributed by atoms with van der Waals surface area (Å²) >= 11 is 5.98. The summed E-state index contributed by atoms with van der Waals surface area (Å²) in [6, 6.07) is 10.8. The Bertz CT molecular complexity index is 1160. The molecule has 0 bridgehead atoms. The van der Waals surface area contributed by atoms with Gasteiger partial charge in [-0.25, -0.2) is 15.0 Å². The summed E-state index contributed by atoms with van der Waals surface area (Å²) in [4.78, 5) is 24.2. The van der Waals surface area contributed by atoms with Gasteiger partial charge in [-0.1, -0.05) is 42.2 Å². The second kappa shape index (κ2) is 6.95. The van der Waals surface area contributed by atoms with Crippen LogP contribution in [0, 0.1) is 0 Å². The van der Waals surface area contributed by atoms with Crippen molar-refractivity contribution in [2.75, 3.05) is 0 Å². The number of thioether (sulfide) groups is 1. The van der Waals surface area contributed by atoms with Crippen LogP contribution in [0.2, 0.25) is 0 Å². The Morgan fingerprint density at radius 1 is 1.00 bits per heavy atom. The highest BCUT2D eigenvalue weighted by Crippen LogP contribution is 2.35. The van der Waals surface area contributed by atoms with E-state index >= 15 is 0 Å². The number of hydrogen-bond acceptors (Lipinski definition) is 6. The lowest BCUT2D eigenvalue weighted by Gasteiger charge is -2.12. The molecule has 2 aromatic heterocycles. The Hall–Kier alpha value is -2.85. The van der Waals surface area contributed by atoms with E-state index in [-0.39, 0.29) is 22.8 Å². The first-order valence-electron chi connectivity index (χ1n) is 7.87. The number of rotatable bonds is 2. The Labute approximate surface area is 166 Å². The average Bonchev–Trinajstić information content (AvgIpc) is 2.97. The molecule has 1 fully saturated rings. The molecule has 1 N–H and O–H groups in total. The summed E-state index contributed by atoms with van der Waals surface area (Å²) in [5.74, 6) is -0.372. The Kier molecular flexibility index (Phi) is 4.60. The average molecular weight is 418 g/mol. The van der Waals surface area contributed by atoms with Gasteiger partial charge in [-0.3, -0.25) is 4.79 Å². The van der Waals surface area contributed by atoms with Gasteiger partial charge in [-0.05, 0) is 30.3 Å². The first-order chi connectivity index (χ1) is 13.3. The first-order valence-corrected chi connectivity index (χ1v) is 9.10. The van der Waals surface area contributed by atoms with E-state index in [0.29, 0.717) is 20.4 Å². The van der Waals surface area contributed by atoms with E-state index in [1.165, 1.54) is 18.2 Å². The molecule has 0 unspecified atom stereocenters. The van der Waals surface area contributed by atoms with Crippen molar-refractivity contribution in [1.29, 1.82) is 0 Å². The number of fused-ring (bicyclic) bond motifs is 1. The Morgan fingerprint density at radius 3 is 2.36 bits per heavy atom. The predicted octanol–water partition coefficient (Wildman–Crippen LogP) is 4.20. The van der Waals surface area contributed by atoms with E-state index in [1.807, 2.05) is 0 Å². The monoisotopic (exact) mass is 418 g/mol. The maximum absolute atomic E-state index is 13.6. The van der Waals surface area contributed by atoms with Crippen LogP contribution in [0.25, 0.3) is 28.5 Å². The molecule has 1 saturated heterocycles. The van der Waals surface area contributed by atoms with Crippen LogP contribution in [-0.2, 0) is 11.0 Å². The Balaban J connectivity index is 1.85. The largest absolute Gasteiger partial charge is 0.435 e. The predicted molar refractivity (Wildman–Crippen MR) is 104 cm³/mol. The summed E-state index contributed by atoms with van der Waals surface area (Å²) in [5, 5.41) is 2.47. The minimum Gasteiger partial charge on any atom is -0.307 e. The van der Waals surface area contributed by atoms with Crippen molar-refractivity contribution >= 4 is 51.3 Å². The fraction of sp³-hybridized carbons (Fsp3) is 0.0556. The maximum Gasteiger partial charge on any atom is 0.435 e. The van der Waals surface area contributed by atoms with Crippen molar-refractivity contribution in [3.8, 4) is 11.4 Å². The van der Waals surface area contributed by atoms with Crippen LogP contribution in [0.1, 0.15) is 11.4 Å². The van der Waals surface area contributed by atoms with Crippen LogP contribution in [0.15, 0.2) is 47.4 Å². The number of carbonyl (C=O) groups is 1. The molecule has 1 aliphatic heterocycles. The van der Waals surface area contributed by atoms with Crippen LogP contribution in [-0.4, -0.2) is 25.2 Å². The highest BCUT2D eigenvalue weighted by Gasteiger charge is 2.37. The summed E-state index contributed by atoms with van der Waals surface area (Å²) < 4.78 is 41.0. The lowest BCUT2D eigenvalue weighted by Crippen LogP contribution is -2.17. The fourth-order valence-electron chi connectivity index (χ4n) is 2.60. The van der Waals surface area contributed by atoms with Crippen molar-refractivity contribution in [2.24, 2.45) is 0 Å². The third-order valence-corrected chi connectivity index (χ3v) is 4.94. The number of amides is 1. The number of thiocarbonyl (C=S) groups is 1. The molecule has 1 aliphatic rings. The van der Waals surface area contributed by atoms with Crippen LogP contribution in [0.3, 0.4) is 0 Å². The van der Waals surface area contributed by atoms with Crippen molar-refractivity contribution in [3.63, 3.8) is 0 Å². The standard InChI is InChI=1S/C18H9F3N4OS2/c19-18(20,21)15-14(23-10-5-1-2-6-11(10)24-15)12-7-3-4-9(22-12)8-13-16(26)25-17(27)28-13/h1-8H,(H,25,26,27)/b13-8-. The van der Waals surface area contributed by atoms with E-state index in [2.05, 4.69) is 20.3 Å².